The van der Waals surface area contributed by atoms with E-state index in [4.69, 9.17) is 5.73 Å². The monoisotopic (exact) mass is 540 g/mol. The summed E-state index contributed by atoms with van der Waals surface area (Å²) in [4.78, 5) is 29.1. The Labute approximate surface area is 229 Å². The molecule has 9 heteroatoms. The molecule has 0 saturated heterocycles. The van der Waals surface area contributed by atoms with Gasteiger partial charge in [0.25, 0.3) is 5.91 Å². The number of nitrogens with zero attached hydrogens (tertiary/aromatic N) is 1. The number of nitrogens with one attached hydrogen (secondary N) is 2. The largest absolute Gasteiger partial charge is 0.481 e. The molecule has 0 spiro atoms. The lowest BCUT2D eigenvalue weighted by Gasteiger charge is -2.15. The van der Waals surface area contributed by atoms with Crippen molar-refractivity contribution in [2.45, 2.75) is 23.1 Å². The number of rotatable bonds is 10. The lowest BCUT2D eigenvalue weighted by molar-refractivity contribution is -0.137. The predicted molar refractivity (Wildman–Crippen MR) is 154 cm³/mol. The van der Waals surface area contributed by atoms with Crippen LogP contribution in [0.5, 0.6) is 0 Å². The van der Waals surface area contributed by atoms with Gasteiger partial charge in [-0.3, -0.25) is 13.8 Å². The van der Waals surface area contributed by atoms with E-state index in [0.717, 1.165) is 5.56 Å². The molecule has 4 rings (SSSR count). The number of anilines is 2. The Morgan fingerprint density at radius 3 is 2.15 bits per heavy atom. The van der Waals surface area contributed by atoms with Gasteiger partial charge in [-0.1, -0.05) is 66.7 Å². The van der Waals surface area contributed by atoms with Crippen molar-refractivity contribution in [1.29, 1.82) is 0 Å². The smallest absolute Gasteiger partial charge is 0.304 e. The zero-order valence-electron chi connectivity index (χ0n) is 21.0. The number of hydrogen-bond acceptors (Lipinski definition) is 4. The van der Waals surface area contributed by atoms with Crippen molar-refractivity contribution in [2.75, 3.05) is 10.6 Å². The number of carboxylic acids is 1. The SMILES string of the molecule is NC(=NCc1ccccc1)Nc1cccc(C(=O)Nc2ccc(S(=O)C(CC(=O)O)c3ccccc3)cc2)c1. The summed E-state index contributed by atoms with van der Waals surface area (Å²) >= 11 is 0. The lowest BCUT2D eigenvalue weighted by Crippen LogP contribution is -2.23. The third-order valence-electron chi connectivity index (χ3n) is 5.81. The van der Waals surface area contributed by atoms with Gasteiger partial charge in [0.1, 0.15) is 0 Å². The van der Waals surface area contributed by atoms with Gasteiger partial charge in [-0.15, -0.1) is 0 Å². The first kappa shape index (κ1) is 27.3. The van der Waals surface area contributed by atoms with Gasteiger partial charge < -0.3 is 21.5 Å². The number of aliphatic imine (C=N–C) groups is 1. The van der Waals surface area contributed by atoms with Gasteiger partial charge in [-0.2, -0.15) is 0 Å². The summed E-state index contributed by atoms with van der Waals surface area (Å²) in [6.07, 6.45) is -0.263. The molecule has 0 fully saturated rings. The van der Waals surface area contributed by atoms with Crippen LogP contribution >= 0.6 is 0 Å². The number of guanidine groups is 1. The number of carbonyl (C=O) groups is 2. The second-order valence-electron chi connectivity index (χ2n) is 8.67. The van der Waals surface area contributed by atoms with Crippen LogP contribution in [0.25, 0.3) is 0 Å². The van der Waals surface area contributed by atoms with E-state index in [1.54, 1.807) is 72.8 Å². The molecule has 39 heavy (non-hydrogen) atoms. The number of carbonyl (C=O) groups excluding carboxylic acids is 1. The zero-order valence-corrected chi connectivity index (χ0v) is 21.8. The van der Waals surface area contributed by atoms with Gasteiger partial charge in [0.15, 0.2) is 5.96 Å². The van der Waals surface area contributed by atoms with Crippen molar-refractivity contribution in [3.05, 3.63) is 126 Å². The fourth-order valence-corrected chi connectivity index (χ4v) is 5.30. The molecule has 8 nitrogen and oxygen atoms in total. The van der Waals surface area contributed by atoms with Gasteiger partial charge in [0, 0.05) is 21.8 Å². The maximum atomic E-state index is 13.2. The summed E-state index contributed by atoms with van der Waals surface area (Å²) in [6, 6.07) is 32.1. The molecular formula is C30H28N4O4S. The number of hydrogen-bond donors (Lipinski definition) is 4. The lowest BCUT2D eigenvalue weighted by atomic mass is 10.1. The second kappa shape index (κ2) is 13.2. The normalized spacial score (nSPS) is 12.8. The van der Waals surface area contributed by atoms with Crippen molar-refractivity contribution in [3.63, 3.8) is 0 Å². The fraction of sp³-hybridized carbons (Fsp3) is 0.100. The van der Waals surface area contributed by atoms with Crippen molar-refractivity contribution in [3.8, 4) is 0 Å². The quantitative estimate of drug-likeness (QED) is 0.162. The van der Waals surface area contributed by atoms with Gasteiger partial charge in [-0.05, 0) is 53.6 Å². The van der Waals surface area contributed by atoms with Crippen LogP contribution in [-0.4, -0.2) is 27.2 Å². The van der Waals surface area contributed by atoms with Crippen molar-refractivity contribution in [1.82, 2.24) is 0 Å². The molecule has 4 aromatic carbocycles. The van der Waals surface area contributed by atoms with Gasteiger partial charge >= 0.3 is 5.97 Å². The Kier molecular flexibility index (Phi) is 9.20. The van der Waals surface area contributed by atoms with Crippen molar-refractivity contribution in [2.24, 2.45) is 10.7 Å². The minimum absolute atomic E-state index is 0.233. The van der Waals surface area contributed by atoms with Crippen LogP contribution in [0.15, 0.2) is 119 Å². The van der Waals surface area contributed by atoms with Crippen LogP contribution in [0.2, 0.25) is 0 Å². The summed E-state index contributed by atoms with van der Waals surface area (Å²) in [5.74, 6) is -1.13. The molecule has 2 atom stereocenters. The van der Waals surface area contributed by atoms with E-state index in [2.05, 4.69) is 15.6 Å². The molecule has 198 valence electrons. The number of carboxylic acid groups (broad SMARTS) is 1. The Balaban J connectivity index is 1.40. The van der Waals surface area contributed by atoms with E-state index < -0.39 is 22.0 Å². The van der Waals surface area contributed by atoms with E-state index in [-0.39, 0.29) is 18.3 Å². The average molecular weight is 541 g/mol. The predicted octanol–water partition coefficient (Wildman–Crippen LogP) is 5.19. The summed E-state index contributed by atoms with van der Waals surface area (Å²) in [7, 11) is -1.60. The van der Waals surface area contributed by atoms with Crippen LogP contribution < -0.4 is 16.4 Å². The molecule has 0 aliphatic rings. The first-order valence-corrected chi connectivity index (χ1v) is 13.4. The zero-order chi connectivity index (χ0) is 27.6. The maximum Gasteiger partial charge on any atom is 0.304 e. The highest BCUT2D eigenvalue weighted by Crippen LogP contribution is 2.29. The van der Waals surface area contributed by atoms with E-state index in [1.165, 1.54) is 0 Å². The first-order chi connectivity index (χ1) is 18.9. The van der Waals surface area contributed by atoms with Crippen LogP contribution in [-0.2, 0) is 22.1 Å². The minimum atomic E-state index is -1.60. The maximum absolute atomic E-state index is 13.2. The minimum Gasteiger partial charge on any atom is -0.481 e. The number of nitrogens with two attached hydrogens (primary N) is 1. The Hall–Kier alpha value is -4.76. The van der Waals surface area contributed by atoms with E-state index >= 15 is 0 Å². The molecule has 0 aliphatic carbocycles. The fourth-order valence-electron chi connectivity index (χ4n) is 3.87. The summed E-state index contributed by atoms with van der Waals surface area (Å²) < 4.78 is 13.2. The molecule has 0 aromatic heterocycles. The Bertz CT molecular complexity index is 1480. The van der Waals surface area contributed by atoms with Gasteiger partial charge in [0.2, 0.25) is 0 Å². The molecule has 0 radical (unpaired) electrons. The molecule has 1 amide bonds. The molecular weight excluding hydrogens is 512 g/mol. The van der Waals surface area contributed by atoms with E-state index in [0.29, 0.717) is 33.9 Å². The van der Waals surface area contributed by atoms with E-state index in [9.17, 15) is 18.9 Å². The van der Waals surface area contributed by atoms with Gasteiger partial charge in [0.05, 0.1) is 29.0 Å². The third-order valence-corrected chi connectivity index (χ3v) is 7.50. The highest BCUT2D eigenvalue weighted by Gasteiger charge is 2.23. The second-order valence-corrected chi connectivity index (χ2v) is 10.3. The highest BCUT2D eigenvalue weighted by molar-refractivity contribution is 7.85. The summed E-state index contributed by atoms with van der Waals surface area (Å²) in [5.41, 5.74) is 9.27. The van der Waals surface area contributed by atoms with Crippen LogP contribution in [0.1, 0.15) is 33.2 Å². The number of amides is 1. The van der Waals surface area contributed by atoms with Crippen LogP contribution in [0.4, 0.5) is 11.4 Å². The average Bonchev–Trinajstić information content (AvgIpc) is 2.96. The van der Waals surface area contributed by atoms with Crippen molar-refractivity contribution < 1.29 is 18.9 Å². The summed E-state index contributed by atoms with van der Waals surface area (Å²) in [6.45, 7) is 0.434. The Morgan fingerprint density at radius 1 is 0.821 bits per heavy atom. The van der Waals surface area contributed by atoms with Crippen LogP contribution in [0.3, 0.4) is 0 Å². The number of benzene rings is 4. The standard InChI is InChI=1S/C30H28N4O4S/c31-30(32-20-21-8-3-1-4-9-21)34-25-13-7-12-23(18-25)29(37)33-24-14-16-26(17-15-24)39(38)27(19-28(35)36)22-10-5-2-6-11-22/h1-18,27H,19-20H2,(H,33,37)(H,35,36)(H3,31,32,34). The molecule has 5 N–H and O–H groups in total. The molecule has 0 saturated carbocycles. The molecule has 4 aromatic rings. The van der Waals surface area contributed by atoms with Crippen molar-refractivity contribution >= 4 is 40.0 Å². The Morgan fingerprint density at radius 2 is 1.49 bits per heavy atom. The summed E-state index contributed by atoms with van der Waals surface area (Å²) in [5, 5.41) is 14.5. The molecule has 0 aliphatic heterocycles. The molecule has 0 heterocycles. The van der Waals surface area contributed by atoms with Gasteiger partial charge in [-0.25, -0.2) is 4.99 Å². The van der Waals surface area contributed by atoms with E-state index in [1.807, 2.05) is 36.4 Å². The first-order valence-electron chi connectivity index (χ1n) is 12.2. The number of aliphatic carboxylic acids is 1. The molecule has 2 unspecified atom stereocenters. The molecule has 0 bridgehead atoms. The highest BCUT2D eigenvalue weighted by atomic mass is 32.2. The topological polar surface area (TPSA) is 134 Å². The van der Waals surface area contributed by atoms with Crippen LogP contribution in [0, 0.1) is 0 Å². The third kappa shape index (κ3) is 7.86.